The minimum atomic E-state index is -0.0589. The fourth-order valence-electron chi connectivity index (χ4n) is 2.56. The number of rotatable bonds is 3. The topological polar surface area (TPSA) is 42.4 Å². The molecule has 1 fully saturated rings. The largest absolute Gasteiger partial charge is 0.436 e. The Bertz CT molecular complexity index is 761. The quantitative estimate of drug-likeness (QED) is 0.704. The number of ether oxygens (including phenoxy) is 1. The van der Waals surface area contributed by atoms with E-state index < -0.39 is 0 Å². The van der Waals surface area contributed by atoms with Crippen LogP contribution in [0.5, 0.6) is 11.6 Å². The zero-order chi connectivity index (χ0) is 17.1. The lowest BCUT2D eigenvalue weighted by Gasteiger charge is -2.26. The van der Waals surface area contributed by atoms with Crippen molar-refractivity contribution in [3.8, 4) is 11.6 Å². The number of halogens is 3. The van der Waals surface area contributed by atoms with Crippen LogP contribution in [0.15, 0.2) is 30.5 Å². The number of pyridine rings is 1. The number of carbonyl (C=O) groups excluding carboxylic acids is 1. The Balaban J connectivity index is 1.79. The van der Waals surface area contributed by atoms with Gasteiger partial charge in [0.2, 0.25) is 5.88 Å². The number of aromatic nitrogens is 1. The van der Waals surface area contributed by atoms with Crippen LogP contribution in [0.3, 0.4) is 0 Å². The van der Waals surface area contributed by atoms with Crippen LogP contribution in [0.4, 0.5) is 0 Å². The van der Waals surface area contributed by atoms with Gasteiger partial charge in [-0.15, -0.1) is 0 Å². The van der Waals surface area contributed by atoms with E-state index in [-0.39, 0.29) is 21.8 Å². The lowest BCUT2D eigenvalue weighted by Crippen LogP contribution is -2.35. The molecular formula is C17H15Cl3N2O2. The number of benzene rings is 1. The molecule has 1 amide bonds. The average molecular weight is 386 g/mol. The van der Waals surface area contributed by atoms with Crippen molar-refractivity contribution in [3.05, 3.63) is 51.1 Å². The van der Waals surface area contributed by atoms with Crippen LogP contribution in [0, 0.1) is 0 Å². The first-order valence-electron chi connectivity index (χ1n) is 7.63. The van der Waals surface area contributed by atoms with E-state index in [1.165, 1.54) is 6.20 Å². The first kappa shape index (κ1) is 17.3. The van der Waals surface area contributed by atoms with Gasteiger partial charge in [0.15, 0.2) is 0 Å². The normalized spacial score (nSPS) is 14.5. The fourth-order valence-corrected chi connectivity index (χ4v) is 3.10. The van der Waals surface area contributed by atoms with Gasteiger partial charge >= 0.3 is 0 Å². The van der Waals surface area contributed by atoms with Crippen molar-refractivity contribution >= 4 is 40.7 Å². The van der Waals surface area contributed by atoms with E-state index in [0.717, 1.165) is 32.4 Å². The van der Waals surface area contributed by atoms with Crippen molar-refractivity contribution in [2.45, 2.75) is 19.3 Å². The molecule has 0 N–H and O–H groups in total. The minimum absolute atomic E-state index is 0.0589. The third-order valence-electron chi connectivity index (χ3n) is 3.82. The van der Waals surface area contributed by atoms with Gasteiger partial charge in [0, 0.05) is 19.3 Å². The molecule has 24 heavy (non-hydrogen) atoms. The first-order chi connectivity index (χ1) is 11.6. The van der Waals surface area contributed by atoms with Crippen molar-refractivity contribution < 1.29 is 9.53 Å². The molecule has 1 saturated heterocycles. The predicted octanol–water partition coefficient (Wildman–Crippen LogP) is 5.46. The zero-order valence-electron chi connectivity index (χ0n) is 12.8. The summed E-state index contributed by atoms with van der Waals surface area (Å²) < 4.78 is 5.62. The van der Waals surface area contributed by atoms with E-state index in [4.69, 9.17) is 39.5 Å². The van der Waals surface area contributed by atoms with E-state index in [1.807, 2.05) is 4.90 Å². The summed E-state index contributed by atoms with van der Waals surface area (Å²) in [6, 6.07) is 6.61. The van der Waals surface area contributed by atoms with Crippen LogP contribution < -0.4 is 4.74 Å². The van der Waals surface area contributed by atoms with Crippen LogP contribution in [0.25, 0.3) is 0 Å². The molecule has 0 spiro atoms. The van der Waals surface area contributed by atoms with Gasteiger partial charge in [0.1, 0.15) is 15.8 Å². The van der Waals surface area contributed by atoms with Crippen molar-refractivity contribution in [1.82, 2.24) is 9.88 Å². The van der Waals surface area contributed by atoms with Gasteiger partial charge in [0.05, 0.1) is 10.6 Å². The lowest BCUT2D eigenvalue weighted by molar-refractivity contribution is 0.0724. The molecule has 0 atom stereocenters. The summed E-state index contributed by atoms with van der Waals surface area (Å²) >= 11 is 18.3. The second-order valence-electron chi connectivity index (χ2n) is 5.52. The van der Waals surface area contributed by atoms with Crippen LogP contribution >= 0.6 is 34.8 Å². The molecule has 0 unspecified atom stereocenters. The summed E-state index contributed by atoms with van der Waals surface area (Å²) in [6.45, 7) is 1.54. The first-order valence-corrected chi connectivity index (χ1v) is 8.76. The molecule has 1 aromatic heterocycles. The molecular weight excluding hydrogens is 371 g/mol. The number of nitrogens with zero attached hydrogens (tertiary/aromatic N) is 2. The van der Waals surface area contributed by atoms with E-state index >= 15 is 0 Å². The third kappa shape index (κ3) is 3.77. The Morgan fingerprint density at radius 2 is 1.83 bits per heavy atom. The van der Waals surface area contributed by atoms with Crippen molar-refractivity contribution in [2.75, 3.05) is 13.1 Å². The highest BCUT2D eigenvalue weighted by atomic mass is 35.5. The molecule has 0 saturated carbocycles. The summed E-state index contributed by atoms with van der Waals surface area (Å²) in [7, 11) is 0. The van der Waals surface area contributed by atoms with Gasteiger partial charge in [-0.05, 0) is 37.5 Å². The maximum atomic E-state index is 12.5. The predicted molar refractivity (Wildman–Crippen MR) is 95.5 cm³/mol. The number of hydrogen-bond donors (Lipinski definition) is 0. The Morgan fingerprint density at radius 1 is 1.08 bits per heavy atom. The summed E-state index contributed by atoms with van der Waals surface area (Å²) in [5, 5.41) is 0.904. The van der Waals surface area contributed by atoms with Gasteiger partial charge in [-0.1, -0.05) is 40.9 Å². The highest BCUT2D eigenvalue weighted by Gasteiger charge is 2.20. The highest BCUT2D eigenvalue weighted by molar-refractivity contribution is 6.43. The van der Waals surface area contributed by atoms with Crippen molar-refractivity contribution in [3.63, 3.8) is 0 Å². The Kier molecular flexibility index (Phi) is 5.49. The smallest absolute Gasteiger partial charge is 0.255 e. The average Bonchev–Trinajstić information content (AvgIpc) is 2.60. The molecule has 0 bridgehead atoms. The van der Waals surface area contributed by atoms with E-state index in [9.17, 15) is 4.79 Å². The number of likely N-dealkylation sites (tertiary alicyclic amines) is 1. The van der Waals surface area contributed by atoms with Gasteiger partial charge in [0.25, 0.3) is 5.91 Å². The molecule has 2 heterocycles. The van der Waals surface area contributed by atoms with E-state index in [2.05, 4.69) is 4.98 Å². The molecule has 1 aliphatic heterocycles. The van der Waals surface area contributed by atoms with E-state index in [1.54, 1.807) is 24.3 Å². The molecule has 2 aromatic rings. The second kappa shape index (κ2) is 7.60. The maximum absolute atomic E-state index is 12.5. The standard InChI is InChI=1S/C17H15Cl3N2O2/c18-12-5-4-6-14(15(12)20)24-16-13(19)9-11(10-21-16)17(23)22-7-2-1-3-8-22/h4-6,9-10H,1-3,7-8H2. The molecule has 0 radical (unpaired) electrons. The SMILES string of the molecule is O=C(c1cnc(Oc2cccc(Cl)c2Cl)c(Cl)c1)N1CCCCC1. The van der Waals surface area contributed by atoms with Gasteiger partial charge in [-0.2, -0.15) is 0 Å². The molecule has 4 nitrogen and oxygen atoms in total. The summed E-state index contributed by atoms with van der Waals surface area (Å²) in [5.41, 5.74) is 0.450. The summed E-state index contributed by atoms with van der Waals surface area (Å²) in [6.07, 6.45) is 4.69. The Hall–Kier alpha value is -1.49. The minimum Gasteiger partial charge on any atom is -0.436 e. The summed E-state index contributed by atoms with van der Waals surface area (Å²) in [5.74, 6) is 0.473. The van der Waals surface area contributed by atoms with Crippen molar-refractivity contribution in [1.29, 1.82) is 0 Å². The highest BCUT2D eigenvalue weighted by Crippen LogP contribution is 2.36. The molecule has 126 valence electrons. The number of amides is 1. The molecule has 3 rings (SSSR count). The van der Waals surface area contributed by atoms with Crippen LogP contribution in [-0.2, 0) is 0 Å². The third-order valence-corrected chi connectivity index (χ3v) is 4.89. The maximum Gasteiger partial charge on any atom is 0.255 e. The number of piperidine rings is 1. The van der Waals surface area contributed by atoms with Crippen LogP contribution in [-0.4, -0.2) is 28.9 Å². The van der Waals surface area contributed by atoms with Gasteiger partial charge in [-0.3, -0.25) is 4.79 Å². The fraction of sp³-hybridized carbons (Fsp3) is 0.294. The van der Waals surface area contributed by atoms with E-state index in [0.29, 0.717) is 16.3 Å². The molecule has 1 aromatic carbocycles. The summed E-state index contributed by atoms with van der Waals surface area (Å²) in [4.78, 5) is 18.4. The number of hydrogen-bond acceptors (Lipinski definition) is 3. The van der Waals surface area contributed by atoms with Crippen LogP contribution in [0.2, 0.25) is 15.1 Å². The van der Waals surface area contributed by atoms with Crippen molar-refractivity contribution in [2.24, 2.45) is 0 Å². The van der Waals surface area contributed by atoms with Gasteiger partial charge in [-0.25, -0.2) is 4.98 Å². The Morgan fingerprint density at radius 3 is 2.54 bits per heavy atom. The molecule has 1 aliphatic rings. The molecule has 0 aliphatic carbocycles. The second-order valence-corrected chi connectivity index (χ2v) is 6.71. The lowest BCUT2D eigenvalue weighted by atomic mass is 10.1. The Labute approximate surface area is 155 Å². The zero-order valence-corrected chi connectivity index (χ0v) is 15.0. The van der Waals surface area contributed by atoms with Gasteiger partial charge < -0.3 is 9.64 Å². The van der Waals surface area contributed by atoms with Crippen LogP contribution in [0.1, 0.15) is 29.6 Å². The monoisotopic (exact) mass is 384 g/mol. The number of carbonyl (C=O) groups is 1. The molecule has 7 heteroatoms.